The molecular weight excluding hydrogens is 315 g/mol. The van der Waals surface area contributed by atoms with Gasteiger partial charge in [0.15, 0.2) is 11.5 Å². The van der Waals surface area contributed by atoms with Gasteiger partial charge in [0.2, 0.25) is 0 Å². The summed E-state index contributed by atoms with van der Waals surface area (Å²) in [5, 5.41) is 12.7. The normalized spacial score (nSPS) is 18.8. The Hall–Kier alpha value is -2.25. The maximum Gasteiger partial charge on any atom is 0.494 e. The summed E-state index contributed by atoms with van der Waals surface area (Å²) in [6, 6.07) is 12.0. The van der Waals surface area contributed by atoms with Crippen LogP contribution in [0, 0.1) is 0 Å². The van der Waals surface area contributed by atoms with Crippen molar-refractivity contribution in [2.45, 2.75) is 45.3 Å². The maximum absolute atomic E-state index is 6.14. The van der Waals surface area contributed by atoms with Crippen LogP contribution in [0.3, 0.4) is 0 Å². The van der Waals surface area contributed by atoms with Crippen LogP contribution in [0.4, 0.5) is 0 Å². The molecule has 0 unspecified atom stereocenters. The number of fused-ring (bicyclic) bond motifs is 1. The highest BCUT2D eigenvalue weighted by Gasteiger charge is 2.51. The molecule has 25 heavy (non-hydrogen) atoms. The highest BCUT2D eigenvalue weighted by Crippen LogP contribution is 2.36. The molecule has 128 valence electrons. The summed E-state index contributed by atoms with van der Waals surface area (Å²) in [7, 11) is -0.363. The zero-order chi connectivity index (χ0) is 17.7. The Kier molecular flexibility index (Phi) is 3.66. The molecular formula is C18H21BN4O2. The summed E-state index contributed by atoms with van der Waals surface area (Å²) in [5.41, 5.74) is 2.19. The van der Waals surface area contributed by atoms with Gasteiger partial charge in [0.1, 0.15) is 0 Å². The number of hydrogen-bond acceptors (Lipinski definition) is 5. The lowest BCUT2D eigenvalue weighted by Gasteiger charge is -2.32. The van der Waals surface area contributed by atoms with Gasteiger partial charge in [-0.2, -0.15) is 9.61 Å². The molecule has 0 radical (unpaired) electrons. The van der Waals surface area contributed by atoms with Crippen molar-refractivity contribution in [3.63, 3.8) is 0 Å². The molecule has 7 heteroatoms. The average molecular weight is 336 g/mol. The molecule has 2 aromatic heterocycles. The third-order valence-electron chi connectivity index (χ3n) is 5.08. The van der Waals surface area contributed by atoms with Gasteiger partial charge in [-0.05, 0) is 50.9 Å². The smallest absolute Gasteiger partial charge is 0.399 e. The van der Waals surface area contributed by atoms with Gasteiger partial charge in [0.25, 0.3) is 0 Å². The van der Waals surface area contributed by atoms with Crippen LogP contribution in [0.15, 0.2) is 42.6 Å². The van der Waals surface area contributed by atoms with Crippen molar-refractivity contribution in [1.82, 2.24) is 19.8 Å². The fourth-order valence-electron chi connectivity index (χ4n) is 2.91. The zero-order valence-electron chi connectivity index (χ0n) is 14.9. The van der Waals surface area contributed by atoms with Gasteiger partial charge in [-0.15, -0.1) is 10.2 Å². The Morgan fingerprint density at radius 1 is 1.00 bits per heavy atom. The average Bonchev–Trinajstić information content (AvgIpc) is 3.06. The van der Waals surface area contributed by atoms with E-state index in [-0.39, 0.29) is 18.3 Å². The molecule has 3 heterocycles. The molecule has 0 bridgehead atoms. The summed E-state index contributed by atoms with van der Waals surface area (Å²) in [6.45, 7) is 8.24. The molecule has 0 spiro atoms. The minimum Gasteiger partial charge on any atom is -0.399 e. The molecule has 3 aromatic rings. The van der Waals surface area contributed by atoms with Crippen LogP contribution in [0.5, 0.6) is 0 Å². The summed E-state index contributed by atoms with van der Waals surface area (Å²) in [4.78, 5) is 0. The standard InChI is InChI=1S/C18H21BN4O2/c1-17(2)18(3,4)25-19(24-17)14-8-5-7-13(11-14)12-16-22-21-15-9-6-10-20-23(15)16/h5-11H,12H2,1-4H3. The topological polar surface area (TPSA) is 61.5 Å². The molecule has 1 saturated heterocycles. The van der Waals surface area contributed by atoms with E-state index in [1.807, 2.05) is 24.3 Å². The van der Waals surface area contributed by atoms with Crippen molar-refractivity contribution < 1.29 is 9.31 Å². The fourth-order valence-corrected chi connectivity index (χ4v) is 2.91. The lowest BCUT2D eigenvalue weighted by molar-refractivity contribution is 0.00578. The van der Waals surface area contributed by atoms with Crippen LogP contribution in [0.25, 0.3) is 5.65 Å². The Morgan fingerprint density at radius 2 is 1.76 bits per heavy atom. The van der Waals surface area contributed by atoms with Crippen LogP contribution >= 0.6 is 0 Å². The Morgan fingerprint density at radius 3 is 2.52 bits per heavy atom. The van der Waals surface area contributed by atoms with E-state index in [1.54, 1.807) is 10.7 Å². The summed E-state index contributed by atoms with van der Waals surface area (Å²) in [5.74, 6) is 0.807. The molecule has 0 N–H and O–H groups in total. The third kappa shape index (κ3) is 2.83. The van der Waals surface area contributed by atoms with Crippen molar-refractivity contribution in [1.29, 1.82) is 0 Å². The van der Waals surface area contributed by atoms with Crippen molar-refractivity contribution >= 4 is 18.2 Å². The molecule has 0 amide bonds. The summed E-state index contributed by atoms with van der Waals surface area (Å²) < 4.78 is 14.1. The van der Waals surface area contributed by atoms with Gasteiger partial charge in [0, 0.05) is 12.6 Å². The fraction of sp³-hybridized carbons (Fsp3) is 0.389. The number of hydrogen-bond donors (Lipinski definition) is 0. The van der Waals surface area contributed by atoms with Gasteiger partial charge in [-0.3, -0.25) is 0 Å². The van der Waals surface area contributed by atoms with Gasteiger partial charge in [-0.25, -0.2) is 0 Å². The zero-order valence-corrected chi connectivity index (χ0v) is 14.9. The molecule has 1 aromatic carbocycles. The van der Waals surface area contributed by atoms with E-state index >= 15 is 0 Å². The van der Waals surface area contributed by atoms with Crippen LogP contribution < -0.4 is 5.46 Å². The summed E-state index contributed by atoms with van der Waals surface area (Å²) >= 11 is 0. The Balaban J connectivity index is 1.60. The molecule has 0 atom stereocenters. The van der Waals surface area contributed by atoms with E-state index in [4.69, 9.17) is 9.31 Å². The first kappa shape index (κ1) is 16.2. The van der Waals surface area contributed by atoms with E-state index in [2.05, 4.69) is 55.1 Å². The molecule has 0 aliphatic carbocycles. The molecule has 1 aliphatic heterocycles. The van der Waals surface area contributed by atoms with Crippen LogP contribution in [0.2, 0.25) is 0 Å². The highest BCUT2D eigenvalue weighted by molar-refractivity contribution is 6.62. The first-order chi connectivity index (χ1) is 11.9. The van der Waals surface area contributed by atoms with Gasteiger partial charge >= 0.3 is 7.12 Å². The second-order valence-corrected chi connectivity index (χ2v) is 7.42. The molecule has 6 nitrogen and oxygen atoms in total. The Bertz CT molecular complexity index is 906. The van der Waals surface area contributed by atoms with E-state index in [0.29, 0.717) is 6.42 Å². The van der Waals surface area contributed by atoms with Crippen LogP contribution in [-0.4, -0.2) is 38.1 Å². The Labute approximate surface area is 147 Å². The predicted molar refractivity (Wildman–Crippen MR) is 95.7 cm³/mol. The van der Waals surface area contributed by atoms with Gasteiger partial charge in [-0.1, -0.05) is 24.3 Å². The number of aromatic nitrogens is 4. The highest BCUT2D eigenvalue weighted by atomic mass is 16.7. The minimum absolute atomic E-state index is 0.346. The molecule has 4 rings (SSSR count). The van der Waals surface area contributed by atoms with Gasteiger partial charge in [0.05, 0.1) is 11.2 Å². The lowest BCUT2D eigenvalue weighted by atomic mass is 9.78. The summed E-state index contributed by atoms with van der Waals surface area (Å²) in [6.07, 6.45) is 2.38. The van der Waals surface area contributed by atoms with Crippen LogP contribution in [-0.2, 0) is 15.7 Å². The largest absolute Gasteiger partial charge is 0.494 e. The first-order valence-corrected chi connectivity index (χ1v) is 8.45. The van der Waals surface area contributed by atoms with Crippen molar-refractivity contribution in [3.05, 3.63) is 54.0 Å². The SMILES string of the molecule is CC1(C)OB(c2cccc(Cc3nnc4cccnn34)c2)OC1(C)C. The lowest BCUT2D eigenvalue weighted by Crippen LogP contribution is -2.41. The minimum atomic E-state index is -0.363. The number of nitrogens with zero attached hydrogens (tertiary/aromatic N) is 4. The van der Waals surface area contributed by atoms with E-state index in [1.165, 1.54) is 0 Å². The van der Waals surface area contributed by atoms with E-state index < -0.39 is 0 Å². The number of rotatable bonds is 3. The monoisotopic (exact) mass is 336 g/mol. The maximum atomic E-state index is 6.14. The number of benzene rings is 1. The van der Waals surface area contributed by atoms with E-state index in [0.717, 1.165) is 22.5 Å². The molecule has 1 fully saturated rings. The second-order valence-electron chi connectivity index (χ2n) is 7.42. The van der Waals surface area contributed by atoms with Crippen molar-refractivity contribution in [2.24, 2.45) is 0 Å². The quantitative estimate of drug-likeness (QED) is 0.685. The van der Waals surface area contributed by atoms with Crippen molar-refractivity contribution in [3.8, 4) is 0 Å². The predicted octanol–water partition coefficient (Wildman–Crippen LogP) is 2.01. The second kappa shape index (κ2) is 5.64. The molecule has 1 aliphatic rings. The third-order valence-corrected chi connectivity index (χ3v) is 5.08. The molecule has 0 saturated carbocycles. The van der Waals surface area contributed by atoms with Gasteiger partial charge < -0.3 is 9.31 Å². The van der Waals surface area contributed by atoms with Crippen LogP contribution in [0.1, 0.15) is 39.1 Å². The van der Waals surface area contributed by atoms with Crippen molar-refractivity contribution in [2.75, 3.05) is 0 Å². The van der Waals surface area contributed by atoms with E-state index in [9.17, 15) is 0 Å². The first-order valence-electron chi connectivity index (χ1n) is 8.45.